The third-order valence-electron chi connectivity index (χ3n) is 5.11. The highest BCUT2D eigenvalue weighted by molar-refractivity contribution is 8.01. The molecule has 0 amide bonds. The number of hydrogen-bond acceptors (Lipinski definition) is 13. The Hall–Kier alpha value is -4.04. The number of hydrogen-bond donors (Lipinski definition) is 1. The van der Waals surface area contributed by atoms with E-state index in [1.807, 2.05) is 19.1 Å². The maximum atomic E-state index is 5.71. The van der Waals surface area contributed by atoms with Gasteiger partial charge in [-0.3, -0.25) is 19.3 Å². The van der Waals surface area contributed by atoms with Crippen molar-refractivity contribution in [2.75, 3.05) is 33.2 Å². The van der Waals surface area contributed by atoms with Crippen molar-refractivity contribution in [3.63, 3.8) is 0 Å². The quantitative estimate of drug-likeness (QED) is 0.295. The van der Waals surface area contributed by atoms with Gasteiger partial charge in [-0.15, -0.1) is 10.2 Å². The third kappa shape index (κ3) is 5.13. The van der Waals surface area contributed by atoms with Gasteiger partial charge in [0.15, 0.2) is 11.5 Å². The summed E-state index contributed by atoms with van der Waals surface area (Å²) < 4.78 is 26.8. The molecule has 36 heavy (non-hydrogen) atoms. The van der Waals surface area contributed by atoms with Gasteiger partial charge in [0, 0.05) is 25.1 Å². The van der Waals surface area contributed by atoms with Crippen molar-refractivity contribution in [3.05, 3.63) is 48.9 Å². The number of aromatic nitrogens is 8. The van der Waals surface area contributed by atoms with Gasteiger partial charge in [-0.05, 0) is 31.0 Å². The van der Waals surface area contributed by atoms with Crippen LogP contribution in [-0.2, 0) is 4.74 Å². The first-order valence-corrected chi connectivity index (χ1v) is 11.6. The molecule has 1 N–H and O–H groups in total. The molecular weight excluding hydrogens is 486 g/mol. The van der Waals surface area contributed by atoms with E-state index in [1.165, 1.54) is 39.6 Å². The maximum Gasteiger partial charge on any atom is 0.245 e. The second-order valence-electron chi connectivity index (χ2n) is 7.23. The molecule has 188 valence electrons. The molecule has 4 heterocycles. The van der Waals surface area contributed by atoms with Gasteiger partial charge in [0.1, 0.15) is 12.4 Å². The van der Waals surface area contributed by atoms with Crippen LogP contribution in [0.15, 0.2) is 43.2 Å². The van der Waals surface area contributed by atoms with Crippen molar-refractivity contribution in [2.24, 2.45) is 0 Å². The molecule has 2 unspecified atom stereocenters. The highest BCUT2D eigenvalue weighted by atomic mass is 32.2. The van der Waals surface area contributed by atoms with Crippen molar-refractivity contribution < 1.29 is 18.9 Å². The van der Waals surface area contributed by atoms with Gasteiger partial charge < -0.3 is 18.9 Å². The minimum Gasteiger partial charge on any atom is -0.480 e. The summed E-state index contributed by atoms with van der Waals surface area (Å²) in [5, 5.41) is 8.66. The number of nitrogens with zero attached hydrogens (tertiary/aromatic N) is 8. The van der Waals surface area contributed by atoms with Crippen LogP contribution in [-0.4, -0.2) is 73.4 Å². The average molecular weight is 512 g/mol. The van der Waals surface area contributed by atoms with E-state index in [0.29, 0.717) is 29.0 Å². The smallest absolute Gasteiger partial charge is 0.245 e. The summed E-state index contributed by atoms with van der Waals surface area (Å²) >= 11 is 1.38. The van der Waals surface area contributed by atoms with Crippen molar-refractivity contribution in [2.45, 2.75) is 18.3 Å². The van der Waals surface area contributed by atoms with Gasteiger partial charge in [0.2, 0.25) is 23.6 Å². The van der Waals surface area contributed by atoms with Crippen LogP contribution < -0.4 is 18.9 Å². The Morgan fingerprint density at radius 1 is 0.917 bits per heavy atom. The number of rotatable bonds is 11. The van der Waals surface area contributed by atoms with Crippen LogP contribution >= 0.6 is 11.9 Å². The van der Waals surface area contributed by atoms with E-state index >= 15 is 0 Å². The Morgan fingerprint density at radius 3 is 2.28 bits per heavy atom. The Balaban J connectivity index is 1.69. The molecule has 0 fully saturated rings. The van der Waals surface area contributed by atoms with Gasteiger partial charge >= 0.3 is 0 Å². The molecule has 0 saturated heterocycles. The lowest BCUT2D eigenvalue weighted by molar-refractivity contribution is 0.101. The lowest BCUT2D eigenvalue weighted by atomic mass is 10.2. The number of nitrogens with one attached hydrogen (secondary N) is 1. The molecular formula is C22H25N9O4S. The minimum atomic E-state index is -0.362. The summed E-state index contributed by atoms with van der Waals surface area (Å²) in [6, 6.07) is 3.69. The minimum absolute atomic E-state index is 0.111. The summed E-state index contributed by atoms with van der Waals surface area (Å²) in [5.74, 6) is 1.89. The molecule has 0 spiro atoms. The van der Waals surface area contributed by atoms with E-state index in [1.54, 1.807) is 36.5 Å². The Morgan fingerprint density at radius 2 is 1.69 bits per heavy atom. The van der Waals surface area contributed by atoms with E-state index in [9.17, 15) is 0 Å². The molecule has 0 aliphatic heterocycles. The van der Waals surface area contributed by atoms with E-state index < -0.39 is 0 Å². The first kappa shape index (κ1) is 25.1. The Labute approximate surface area is 211 Å². The first-order valence-electron chi connectivity index (χ1n) is 10.7. The van der Waals surface area contributed by atoms with Gasteiger partial charge in [0.05, 0.1) is 44.7 Å². The van der Waals surface area contributed by atoms with E-state index in [4.69, 9.17) is 18.9 Å². The summed E-state index contributed by atoms with van der Waals surface area (Å²) in [5.41, 5.74) is 1.83. The maximum absolute atomic E-state index is 5.71. The molecule has 4 rings (SSSR count). The van der Waals surface area contributed by atoms with E-state index in [2.05, 4.69) is 39.8 Å². The molecule has 0 aliphatic carbocycles. The number of ether oxygens (including phenoxy) is 4. The molecule has 0 saturated carbocycles. The fourth-order valence-electron chi connectivity index (χ4n) is 3.42. The van der Waals surface area contributed by atoms with Crippen molar-refractivity contribution in [1.29, 1.82) is 0 Å². The van der Waals surface area contributed by atoms with Crippen molar-refractivity contribution in [1.82, 2.24) is 39.7 Å². The second kappa shape index (κ2) is 11.6. The van der Waals surface area contributed by atoms with Crippen molar-refractivity contribution >= 4 is 17.9 Å². The highest BCUT2D eigenvalue weighted by Gasteiger charge is 2.27. The zero-order valence-corrected chi connectivity index (χ0v) is 21.1. The standard InChI is InChI=1S/C22H25N9O4S/c1-13(18(33-3)15-10-25-16(32-2)11-24-15)36-30-22-29-28-19(14-7-6-8-23-9-14)31(22)17-20(34-4)26-12-27-21(17)35-5/h6-13,18H,1-5H3,(H,29,30). The second-order valence-corrected chi connectivity index (χ2v) is 8.41. The fraction of sp³-hybridized carbons (Fsp3) is 0.318. The summed E-state index contributed by atoms with van der Waals surface area (Å²) in [6.45, 7) is 1.99. The van der Waals surface area contributed by atoms with Crippen LogP contribution in [0.3, 0.4) is 0 Å². The Kier molecular flexibility index (Phi) is 8.07. The highest BCUT2D eigenvalue weighted by Crippen LogP contribution is 2.36. The van der Waals surface area contributed by atoms with Gasteiger partial charge in [-0.2, -0.15) is 9.97 Å². The molecule has 0 bridgehead atoms. The Bertz CT molecular complexity index is 1250. The monoisotopic (exact) mass is 511 g/mol. The lowest BCUT2D eigenvalue weighted by Crippen LogP contribution is -2.18. The normalized spacial score (nSPS) is 12.6. The van der Waals surface area contributed by atoms with Crippen LogP contribution in [0, 0.1) is 0 Å². The van der Waals surface area contributed by atoms with Gasteiger partial charge in [-0.25, -0.2) is 4.98 Å². The molecule has 13 nitrogen and oxygen atoms in total. The molecule has 0 aromatic carbocycles. The zero-order valence-electron chi connectivity index (χ0n) is 20.3. The SMILES string of the molecule is COc1cnc(C(OC)C(C)SNc2nnc(-c3cccnc3)n2-c2c(OC)ncnc2OC)cn1. The van der Waals surface area contributed by atoms with Gasteiger partial charge in [-0.1, -0.05) is 0 Å². The zero-order chi connectivity index (χ0) is 25.5. The molecule has 4 aromatic heterocycles. The van der Waals surface area contributed by atoms with Crippen LogP contribution in [0.4, 0.5) is 5.95 Å². The first-order chi connectivity index (χ1) is 17.6. The predicted octanol–water partition coefficient (Wildman–Crippen LogP) is 2.77. The van der Waals surface area contributed by atoms with Gasteiger partial charge in [0.25, 0.3) is 0 Å². The number of anilines is 1. The van der Waals surface area contributed by atoms with Crippen LogP contribution in [0.1, 0.15) is 18.7 Å². The summed E-state index contributed by atoms with van der Waals surface area (Å²) in [4.78, 5) is 21.3. The number of pyridine rings is 1. The van der Waals surface area contributed by atoms with Crippen LogP contribution in [0.5, 0.6) is 17.6 Å². The molecule has 0 aliphatic rings. The molecule has 4 aromatic rings. The van der Waals surface area contributed by atoms with E-state index in [0.717, 1.165) is 5.56 Å². The molecule has 0 radical (unpaired) electrons. The number of methoxy groups -OCH3 is 4. The predicted molar refractivity (Wildman–Crippen MR) is 132 cm³/mol. The van der Waals surface area contributed by atoms with Crippen LogP contribution in [0.25, 0.3) is 17.1 Å². The fourth-order valence-corrected chi connectivity index (χ4v) is 4.22. The largest absolute Gasteiger partial charge is 0.480 e. The lowest BCUT2D eigenvalue weighted by Gasteiger charge is -2.22. The van der Waals surface area contributed by atoms with Crippen LogP contribution in [0.2, 0.25) is 0 Å². The summed E-state index contributed by atoms with van der Waals surface area (Å²) in [7, 11) is 6.19. The third-order valence-corrected chi connectivity index (χ3v) is 6.03. The van der Waals surface area contributed by atoms with E-state index in [-0.39, 0.29) is 23.1 Å². The van der Waals surface area contributed by atoms with Crippen molar-refractivity contribution in [3.8, 4) is 34.7 Å². The summed E-state index contributed by atoms with van der Waals surface area (Å²) in [6.07, 6.45) is 7.55. The average Bonchev–Trinajstić information content (AvgIpc) is 3.36. The molecule has 14 heteroatoms. The molecule has 2 atom stereocenters. The topological polar surface area (TPSA) is 144 Å².